The number of aryl methyl sites for hydroxylation is 1. The van der Waals surface area contributed by atoms with Gasteiger partial charge in [0.25, 0.3) is 10.0 Å². The quantitative estimate of drug-likeness (QED) is 0.821. The number of H-pyrrole nitrogens is 1. The lowest BCUT2D eigenvalue weighted by atomic mass is 10.2. The number of imidazole rings is 1. The minimum absolute atomic E-state index is 0.0853. The van der Waals surface area contributed by atoms with Gasteiger partial charge in [0.05, 0.1) is 6.20 Å². The molecule has 18 heavy (non-hydrogen) atoms. The van der Waals surface area contributed by atoms with E-state index < -0.39 is 10.0 Å². The van der Waals surface area contributed by atoms with Crippen molar-refractivity contribution in [2.45, 2.75) is 43.7 Å². The molecular formula is C11H20N4O2S. The summed E-state index contributed by atoms with van der Waals surface area (Å²) in [7, 11) is -3.49. The van der Waals surface area contributed by atoms with Gasteiger partial charge < -0.3 is 10.7 Å². The number of hydrogen-bond acceptors (Lipinski definition) is 4. The monoisotopic (exact) mass is 272 g/mol. The van der Waals surface area contributed by atoms with E-state index in [9.17, 15) is 8.42 Å². The molecule has 0 aromatic carbocycles. The Morgan fingerprint density at radius 3 is 2.67 bits per heavy atom. The molecule has 0 radical (unpaired) electrons. The van der Waals surface area contributed by atoms with Gasteiger partial charge in [-0.25, -0.2) is 13.4 Å². The molecule has 1 aromatic heterocycles. The summed E-state index contributed by atoms with van der Waals surface area (Å²) in [6.45, 7) is 2.44. The molecule has 1 aromatic rings. The Kier molecular flexibility index (Phi) is 4.04. The van der Waals surface area contributed by atoms with Gasteiger partial charge in [0, 0.05) is 19.1 Å². The molecule has 0 unspecified atom stereocenters. The third kappa shape index (κ3) is 2.57. The van der Waals surface area contributed by atoms with Crippen molar-refractivity contribution in [2.24, 2.45) is 5.73 Å². The number of hydrogen-bond donors (Lipinski definition) is 2. The molecule has 0 amide bonds. The van der Waals surface area contributed by atoms with Crippen molar-refractivity contribution in [3.63, 3.8) is 0 Å². The number of nitrogens with zero attached hydrogens (tertiary/aromatic N) is 2. The van der Waals surface area contributed by atoms with Crippen LogP contribution in [0.1, 0.15) is 31.5 Å². The van der Waals surface area contributed by atoms with E-state index in [0.29, 0.717) is 18.9 Å². The minimum Gasteiger partial charge on any atom is -0.332 e. The van der Waals surface area contributed by atoms with Gasteiger partial charge in [-0.2, -0.15) is 4.31 Å². The zero-order chi connectivity index (χ0) is 13.2. The van der Waals surface area contributed by atoms with Gasteiger partial charge in [-0.05, 0) is 19.8 Å². The zero-order valence-corrected chi connectivity index (χ0v) is 11.4. The van der Waals surface area contributed by atoms with Crippen LogP contribution in [0.4, 0.5) is 0 Å². The molecule has 0 saturated heterocycles. The predicted molar refractivity (Wildman–Crippen MR) is 68.5 cm³/mol. The van der Waals surface area contributed by atoms with Crippen LogP contribution in [0.3, 0.4) is 0 Å². The van der Waals surface area contributed by atoms with Crippen LogP contribution >= 0.6 is 0 Å². The normalized spacial score (nSPS) is 17.7. The first kappa shape index (κ1) is 13.5. The summed E-state index contributed by atoms with van der Waals surface area (Å²) >= 11 is 0. The molecule has 3 N–H and O–H groups in total. The number of aromatic amines is 1. The summed E-state index contributed by atoms with van der Waals surface area (Å²) in [4.78, 5) is 6.76. The van der Waals surface area contributed by atoms with Crippen LogP contribution in [0.25, 0.3) is 0 Å². The molecule has 1 fully saturated rings. The minimum atomic E-state index is -3.49. The maximum absolute atomic E-state index is 12.5. The molecule has 0 bridgehead atoms. The maximum atomic E-state index is 12.5. The first-order chi connectivity index (χ1) is 8.55. The second-order valence-electron chi connectivity index (χ2n) is 4.68. The summed E-state index contributed by atoms with van der Waals surface area (Å²) in [5, 5.41) is 0.167. The van der Waals surface area contributed by atoms with Gasteiger partial charge in [0.1, 0.15) is 5.82 Å². The second-order valence-corrected chi connectivity index (χ2v) is 6.53. The van der Waals surface area contributed by atoms with E-state index in [1.165, 1.54) is 10.5 Å². The highest BCUT2D eigenvalue weighted by atomic mass is 32.2. The van der Waals surface area contributed by atoms with Crippen LogP contribution in [0, 0.1) is 6.92 Å². The number of aromatic nitrogens is 2. The fraction of sp³-hybridized carbons (Fsp3) is 0.727. The standard InChI is InChI=1S/C11H20N4O2S/c1-9-13-8-11(14-9)18(16,17)15(7-6-12)10-4-2-3-5-10/h8,10H,2-7,12H2,1H3,(H,13,14). The Bertz CT molecular complexity index is 491. The van der Waals surface area contributed by atoms with Crippen molar-refractivity contribution in [3.8, 4) is 0 Å². The second kappa shape index (κ2) is 5.38. The lowest BCUT2D eigenvalue weighted by Gasteiger charge is -2.26. The van der Waals surface area contributed by atoms with Gasteiger partial charge in [-0.3, -0.25) is 0 Å². The van der Waals surface area contributed by atoms with Crippen molar-refractivity contribution in [3.05, 3.63) is 12.0 Å². The molecule has 1 aliphatic carbocycles. The van der Waals surface area contributed by atoms with E-state index in [1.54, 1.807) is 6.92 Å². The lowest BCUT2D eigenvalue weighted by molar-refractivity contribution is 0.327. The molecule has 0 atom stereocenters. The first-order valence-electron chi connectivity index (χ1n) is 6.29. The van der Waals surface area contributed by atoms with E-state index >= 15 is 0 Å². The van der Waals surface area contributed by atoms with Crippen LogP contribution in [-0.2, 0) is 10.0 Å². The third-order valence-corrected chi connectivity index (χ3v) is 5.21. The summed E-state index contributed by atoms with van der Waals surface area (Å²) in [6, 6.07) is 0.0853. The van der Waals surface area contributed by atoms with Gasteiger partial charge >= 0.3 is 0 Å². The average Bonchev–Trinajstić information content (AvgIpc) is 2.96. The molecule has 102 valence electrons. The van der Waals surface area contributed by atoms with Gasteiger partial charge in [-0.15, -0.1) is 0 Å². The van der Waals surface area contributed by atoms with Crippen molar-refractivity contribution in [2.75, 3.05) is 13.1 Å². The Morgan fingerprint density at radius 1 is 1.50 bits per heavy atom. The zero-order valence-electron chi connectivity index (χ0n) is 10.6. The number of nitrogens with one attached hydrogen (secondary N) is 1. The van der Waals surface area contributed by atoms with Crippen molar-refractivity contribution in [1.29, 1.82) is 0 Å². The lowest BCUT2D eigenvalue weighted by Crippen LogP contribution is -2.42. The number of nitrogens with two attached hydrogens (primary N) is 1. The largest absolute Gasteiger partial charge is 0.332 e. The van der Waals surface area contributed by atoms with E-state index in [1.807, 2.05) is 0 Å². The first-order valence-corrected chi connectivity index (χ1v) is 7.73. The molecule has 1 aliphatic rings. The van der Waals surface area contributed by atoms with Crippen LogP contribution in [0.2, 0.25) is 0 Å². The fourth-order valence-corrected chi connectivity index (χ4v) is 4.14. The summed E-state index contributed by atoms with van der Waals surface area (Å²) < 4.78 is 26.6. The molecule has 7 heteroatoms. The Labute approximate surface area is 108 Å². The smallest absolute Gasteiger partial charge is 0.260 e. The van der Waals surface area contributed by atoms with Crippen LogP contribution < -0.4 is 5.73 Å². The molecule has 6 nitrogen and oxygen atoms in total. The molecule has 2 rings (SSSR count). The van der Waals surface area contributed by atoms with Crippen molar-refractivity contribution in [1.82, 2.24) is 14.3 Å². The topological polar surface area (TPSA) is 92.1 Å². The van der Waals surface area contributed by atoms with Gasteiger partial charge in [0.15, 0.2) is 5.03 Å². The Hall–Kier alpha value is -0.920. The highest BCUT2D eigenvalue weighted by Crippen LogP contribution is 2.27. The molecule has 1 saturated carbocycles. The highest BCUT2D eigenvalue weighted by molar-refractivity contribution is 7.89. The summed E-state index contributed by atoms with van der Waals surface area (Å²) in [5.74, 6) is 0.604. The molecule has 0 aliphatic heterocycles. The fourth-order valence-electron chi connectivity index (χ4n) is 2.47. The Balaban J connectivity index is 2.28. The van der Waals surface area contributed by atoms with Crippen molar-refractivity contribution < 1.29 is 8.42 Å². The molecule has 0 spiro atoms. The van der Waals surface area contributed by atoms with Gasteiger partial charge in [-0.1, -0.05) is 12.8 Å². The number of rotatable bonds is 5. The van der Waals surface area contributed by atoms with E-state index in [-0.39, 0.29) is 11.1 Å². The molecule has 1 heterocycles. The predicted octanol–water partition coefficient (Wildman–Crippen LogP) is 0.610. The van der Waals surface area contributed by atoms with E-state index in [0.717, 1.165) is 25.7 Å². The summed E-state index contributed by atoms with van der Waals surface area (Å²) in [5.41, 5.74) is 5.55. The highest BCUT2D eigenvalue weighted by Gasteiger charge is 2.33. The van der Waals surface area contributed by atoms with Crippen LogP contribution in [0.5, 0.6) is 0 Å². The van der Waals surface area contributed by atoms with Gasteiger partial charge in [0.2, 0.25) is 0 Å². The van der Waals surface area contributed by atoms with E-state index in [2.05, 4.69) is 9.97 Å². The van der Waals surface area contributed by atoms with Crippen LogP contribution in [0.15, 0.2) is 11.2 Å². The van der Waals surface area contributed by atoms with Crippen LogP contribution in [-0.4, -0.2) is 41.8 Å². The summed E-state index contributed by atoms with van der Waals surface area (Å²) in [6.07, 6.45) is 5.40. The third-order valence-electron chi connectivity index (χ3n) is 3.35. The Morgan fingerprint density at radius 2 is 2.17 bits per heavy atom. The SMILES string of the molecule is Cc1ncc(S(=O)(=O)N(CCN)C2CCCC2)[nH]1. The molecular weight excluding hydrogens is 252 g/mol. The van der Waals surface area contributed by atoms with E-state index in [4.69, 9.17) is 5.73 Å². The van der Waals surface area contributed by atoms with Crippen molar-refractivity contribution >= 4 is 10.0 Å². The maximum Gasteiger partial charge on any atom is 0.260 e. The number of sulfonamides is 1. The average molecular weight is 272 g/mol.